The van der Waals surface area contributed by atoms with E-state index in [1.807, 2.05) is 6.92 Å². The lowest BCUT2D eigenvalue weighted by Crippen LogP contribution is -2.35. The average Bonchev–Trinajstić information content (AvgIpc) is 2.73. The zero-order valence-electron chi connectivity index (χ0n) is 10.2. The van der Waals surface area contributed by atoms with E-state index in [2.05, 4.69) is 17.2 Å². The number of thiophene rings is 1. The molecule has 0 fully saturated rings. The SMILES string of the molecule is CC(CS(C)=O)NC(=O)c1ccc(C#CCO)s1. The Kier molecular flexibility index (Phi) is 6.05. The van der Waals surface area contributed by atoms with Crippen LogP contribution in [0.3, 0.4) is 0 Å². The summed E-state index contributed by atoms with van der Waals surface area (Å²) >= 11 is 1.27. The number of amides is 1. The maximum atomic E-state index is 11.8. The molecule has 4 nitrogen and oxygen atoms in total. The molecule has 0 aliphatic carbocycles. The van der Waals surface area contributed by atoms with Crippen molar-refractivity contribution in [1.82, 2.24) is 5.32 Å². The fourth-order valence-corrected chi connectivity index (χ4v) is 2.91. The first-order valence-electron chi connectivity index (χ1n) is 5.33. The van der Waals surface area contributed by atoms with Crippen LogP contribution in [-0.2, 0) is 10.8 Å². The van der Waals surface area contributed by atoms with Crippen LogP contribution in [0.5, 0.6) is 0 Å². The lowest BCUT2D eigenvalue weighted by atomic mass is 10.3. The van der Waals surface area contributed by atoms with Crippen LogP contribution in [0.25, 0.3) is 0 Å². The molecule has 18 heavy (non-hydrogen) atoms. The van der Waals surface area contributed by atoms with Gasteiger partial charge in [0.2, 0.25) is 0 Å². The molecule has 0 saturated heterocycles. The molecular formula is C12H15NO3S2. The van der Waals surface area contributed by atoms with Crippen molar-refractivity contribution in [3.8, 4) is 11.8 Å². The van der Waals surface area contributed by atoms with Crippen LogP contribution in [0.2, 0.25) is 0 Å². The summed E-state index contributed by atoms with van der Waals surface area (Å²) in [6.07, 6.45) is 1.61. The quantitative estimate of drug-likeness (QED) is 0.796. The highest BCUT2D eigenvalue weighted by Crippen LogP contribution is 2.15. The summed E-state index contributed by atoms with van der Waals surface area (Å²) in [4.78, 5) is 13.1. The van der Waals surface area contributed by atoms with Crippen molar-refractivity contribution in [1.29, 1.82) is 0 Å². The van der Waals surface area contributed by atoms with Gasteiger partial charge in [-0.2, -0.15) is 0 Å². The highest BCUT2D eigenvalue weighted by atomic mass is 32.2. The minimum Gasteiger partial charge on any atom is -0.384 e. The Bertz CT molecular complexity index is 499. The summed E-state index contributed by atoms with van der Waals surface area (Å²) < 4.78 is 11.0. The minimum atomic E-state index is -0.929. The van der Waals surface area contributed by atoms with Gasteiger partial charge in [-0.3, -0.25) is 9.00 Å². The summed E-state index contributed by atoms with van der Waals surface area (Å²) in [5.74, 6) is 5.53. The van der Waals surface area contributed by atoms with Crippen molar-refractivity contribution in [2.45, 2.75) is 13.0 Å². The molecule has 1 rings (SSSR count). The maximum Gasteiger partial charge on any atom is 0.261 e. The fourth-order valence-electron chi connectivity index (χ4n) is 1.34. The first-order chi connectivity index (χ1) is 8.52. The molecule has 1 aromatic rings. The predicted molar refractivity (Wildman–Crippen MR) is 74.1 cm³/mol. The molecule has 0 saturated carbocycles. The Hall–Kier alpha value is -1.16. The Morgan fingerprint density at radius 2 is 2.33 bits per heavy atom. The second-order valence-electron chi connectivity index (χ2n) is 3.74. The third kappa shape index (κ3) is 5.00. The number of carbonyl (C=O) groups is 1. The van der Waals surface area contributed by atoms with Crippen LogP contribution in [0.1, 0.15) is 21.5 Å². The number of aliphatic hydroxyl groups excluding tert-OH is 1. The van der Waals surface area contributed by atoms with Crippen molar-refractivity contribution in [2.75, 3.05) is 18.6 Å². The number of rotatable bonds is 4. The minimum absolute atomic E-state index is 0.127. The molecule has 0 radical (unpaired) electrons. The van der Waals surface area contributed by atoms with E-state index in [4.69, 9.17) is 5.11 Å². The zero-order valence-corrected chi connectivity index (χ0v) is 11.9. The van der Waals surface area contributed by atoms with Crippen molar-refractivity contribution in [2.24, 2.45) is 0 Å². The smallest absolute Gasteiger partial charge is 0.261 e. The van der Waals surface area contributed by atoms with Crippen molar-refractivity contribution < 1.29 is 14.1 Å². The van der Waals surface area contributed by atoms with E-state index < -0.39 is 10.8 Å². The molecule has 2 unspecified atom stereocenters. The summed E-state index contributed by atoms with van der Waals surface area (Å²) in [5.41, 5.74) is 0. The summed E-state index contributed by atoms with van der Waals surface area (Å²) in [5, 5.41) is 11.3. The molecule has 0 bridgehead atoms. The molecule has 1 amide bonds. The third-order valence-corrected chi connectivity index (χ3v) is 3.95. The standard InChI is InChI=1S/C12H15NO3S2/c1-9(8-18(2)16)13-12(15)11-6-5-10(17-11)4-3-7-14/h5-6,9,14H,7-8H2,1-2H3,(H,13,15). The lowest BCUT2D eigenvalue weighted by molar-refractivity contribution is 0.0948. The van der Waals surface area contributed by atoms with Gasteiger partial charge >= 0.3 is 0 Å². The Morgan fingerprint density at radius 3 is 2.94 bits per heavy atom. The van der Waals surface area contributed by atoms with Gasteiger partial charge in [0.05, 0.1) is 9.75 Å². The van der Waals surface area contributed by atoms with Crippen LogP contribution < -0.4 is 5.32 Å². The number of hydrogen-bond acceptors (Lipinski definition) is 4. The highest BCUT2D eigenvalue weighted by Gasteiger charge is 2.12. The summed E-state index contributed by atoms with van der Waals surface area (Å²) in [7, 11) is -0.929. The number of aliphatic hydroxyl groups is 1. The van der Waals surface area contributed by atoms with Crippen LogP contribution >= 0.6 is 11.3 Å². The molecule has 2 N–H and O–H groups in total. The number of hydrogen-bond donors (Lipinski definition) is 2. The average molecular weight is 285 g/mol. The second-order valence-corrected chi connectivity index (χ2v) is 6.30. The van der Waals surface area contributed by atoms with Crippen molar-refractivity contribution in [3.63, 3.8) is 0 Å². The van der Waals surface area contributed by atoms with E-state index in [9.17, 15) is 9.00 Å². The lowest BCUT2D eigenvalue weighted by Gasteiger charge is -2.10. The topological polar surface area (TPSA) is 66.4 Å². The number of nitrogens with one attached hydrogen (secondary N) is 1. The van der Waals surface area contributed by atoms with E-state index in [1.54, 1.807) is 18.4 Å². The van der Waals surface area contributed by atoms with Gasteiger partial charge in [0.1, 0.15) is 6.61 Å². The molecule has 2 atom stereocenters. The normalized spacial score (nSPS) is 13.3. The fraction of sp³-hybridized carbons (Fsp3) is 0.417. The van der Waals surface area contributed by atoms with E-state index >= 15 is 0 Å². The zero-order chi connectivity index (χ0) is 13.5. The van der Waals surface area contributed by atoms with Crippen LogP contribution in [0.4, 0.5) is 0 Å². The van der Waals surface area contributed by atoms with Gasteiger partial charge in [0.25, 0.3) is 5.91 Å². The molecule has 98 valence electrons. The predicted octanol–water partition coefficient (Wildman–Crippen LogP) is 0.589. The molecular weight excluding hydrogens is 270 g/mol. The van der Waals surface area contributed by atoms with E-state index in [0.29, 0.717) is 10.6 Å². The van der Waals surface area contributed by atoms with Gasteiger partial charge in [0.15, 0.2) is 0 Å². The van der Waals surface area contributed by atoms with E-state index in [-0.39, 0.29) is 18.6 Å². The van der Waals surface area contributed by atoms with Crippen LogP contribution in [0, 0.1) is 11.8 Å². The Labute approximate surface area is 113 Å². The largest absolute Gasteiger partial charge is 0.384 e. The van der Waals surface area contributed by atoms with E-state index in [1.165, 1.54) is 11.3 Å². The molecule has 0 aromatic carbocycles. The summed E-state index contributed by atoms with van der Waals surface area (Å²) in [6, 6.07) is 3.31. The van der Waals surface area contributed by atoms with Gasteiger partial charge < -0.3 is 10.4 Å². The summed E-state index contributed by atoms with van der Waals surface area (Å²) in [6.45, 7) is 1.62. The molecule has 1 aromatic heterocycles. The highest BCUT2D eigenvalue weighted by molar-refractivity contribution is 7.84. The van der Waals surface area contributed by atoms with Gasteiger partial charge in [0, 0.05) is 28.9 Å². The second kappa shape index (κ2) is 7.31. The molecule has 0 aliphatic rings. The molecule has 0 aliphatic heterocycles. The number of carbonyl (C=O) groups excluding carboxylic acids is 1. The maximum absolute atomic E-state index is 11.8. The van der Waals surface area contributed by atoms with E-state index in [0.717, 1.165) is 4.88 Å². The van der Waals surface area contributed by atoms with Gasteiger partial charge in [-0.15, -0.1) is 11.3 Å². The van der Waals surface area contributed by atoms with Crippen molar-refractivity contribution in [3.05, 3.63) is 21.9 Å². The first kappa shape index (κ1) is 14.9. The Balaban J connectivity index is 2.61. The van der Waals surface area contributed by atoms with Gasteiger partial charge in [-0.25, -0.2) is 0 Å². The van der Waals surface area contributed by atoms with Gasteiger partial charge in [-0.1, -0.05) is 11.8 Å². The van der Waals surface area contributed by atoms with Crippen LogP contribution in [0.15, 0.2) is 12.1 Å². The first-order valence-corrected chi connectivity index (χ1v) is 7.87. The molecule has 1 heterocycles. The monoisotopic (exact) mass is 285 g/mol. The molecule has 6 heteroatoms. The molecule has 0 spiro atoms. The van der Waals surface area contributed by atoms with Crippen molar-refractivity contribution >= 4 is 28.0 Å². The van der Waals surface area contributed by atoms with Gasteiger partial charge in [-0.05, 0) is 19.1 Å². The third-order valence-electron chi connectivity index (χ3n) is 1.98. The Morgan fingerprint density at radius 1 is 1.61 bits per heavy atom. The van der Waals surface area contributed by atoms with Crippen LogP contribution in [-0.4, -0.2) is 39.9 Å².